The minimum Gasteiger partial charge on any atom is -0.467 e. The van der Waals surface area contributed by atoms with Crippen LogP contribution in [-0.2, 0) is 14.0 Å². The van der Waals surface area contributed by atoms with E-state index in [1.807, 2.05) is 42.5 Å². The van der Waals surface area contributed by atoms with Gasteiger partial charge in [-0.2, -0.15) is 0 Å². The highest BCUT2D eigenvalue weighted by atomic mass is 31.2. The van der Waals surface area contributed by atoms with Crippen LogP contribution in [0, 0.1) is 0 Å². The largest absolute Gasteiger partial charge is 0.467 e. The normalized spacial score (nSPS) is 23.4. The first kappa shape index (κ1) is 18.0. The third kappa shape index (κ3) is 3.40. The molecule has 26 heavy (non-hydrogen) atoms. The summed E-state index contributed by atoms with van der Waals surface area (Å²) in [4.78, 5) is 2.26. The Labute approximate surface area is 154 Å². The summed E-state index contributed by atoms with van der Waals surface area (Å²) in [5.74, 6) is 0.437. The summed E-state index contributed by atoms with van der Waals surface area (Å²) in [7, 11) is -2.98. The molecule has 0 aliphatic carbocycles. The van der Waals surface area contributed by atoms with Gasteiger partial charge >= 0.3 is 0 Å². The molecular formula is C19H25N2O4P. The maximum absolute atomic E-state index is 14.8. The maximum atomic E-state index is 14.8. The number of nitrogens with zero attached hydrogens (tertiary/aromatic N) is 2. The van der Waals surface area contributed by atoms with Crippen molar-refractivity contribution in [1.29, 1.82) is 0 Å². The molecule has 4 rings (SSSR count). The van der Waals surface area contributed by atoms with E-state index in [4.69, 9.17) is 13.9 Å². The van der Waals surface area contributed by atoms with Crippen molar-refractivity contribution in [3.05, 3.63) is 54.5 Å². The molecular weight excluding hydrogens is 351 g/mol. The molecule has 3 heterocycles. The highest BCUT2D eigenvalue weighted by Gasteiger charge is 2.46. The minimum atomic E-state index is -2.98. The van der Waals surface area contributed by atoms with Gasteiger partial charge in [-0.15, -0.1) is 0 Å². The van der Waals surface area contributed by atoms with Crippen LogP contribution in [-0.4, -0.2) is 62.2 Å². The standard InChI is InChI=1S/C19H25N2O4P/c22-26(17-5-2-1-3-6-17,21-10-15-24-16-11-21)19(18-7-4-12-25-18)20-8-13-23-14-9-20/h1-7,12,19H,8-11,13-16H2/t19-,26+/m0/s1. The van der Waals surface area contributed by atoms with E-state index in [1.165, 1.54) is 0 Å². The predicted octanol–water partition coefficient (Wildman–Crippen LogP) is 2.55. The lowest BCUT2D eigenvalue weighted by Crippen LogP contribution is -2.45. The van der Waals surface area contributed by atoms with Crippen molar-refractivity contribution in [2.24, 2.45) is 0 Å². The van der Waals surface area contributed by atoms with Gasteiger partial charge in [0.2, 0.25) is 7.29 Å². The first-order valence-electron chi connectivity index (χ1n) is 9.14. The highest BCUT2D eigenvalue weighted by Crippen LogP contribution is 2.62. The van der Waals surface area contributed by atoms with Crippen molar-refractivity contribution in [1.82, 2.24) is 9.57 Å². The van der Waals surface area contributed by atoms with Crippen molar-refractivity contribution >= 4 is 12.6 Å². The molecule has 140 valence electrons. The molecule has 0 spiro atoms. The molecule has 6 nitrogen and oxygen atoms in total. The van der Waals surface area contributed by atoms with Gasteiger partial charge < -0.3 is 13.9 Å². The topological polar surface area (TPSA) is 55.2 Å². The summed E-state index contributed by atoms with van der Waals surface area (Å²) in [6, 6.07) is 13.7. The van der Waals surface area contributed by atoms with Crippen LogP contribution in [0.3, 0.4) is 0 Å². The number of rotatable bonds is 5. The molecule has 2 atom stereocenters. The van der Waals surface area contributed by atoms with Gasteiger partial charge in [-0.1, -0.05) is 30.3 Å². The molecule has 7 heteroatoms. The zero-order chi connectivity index (χ0) is 17.8. The first-order chi connectivity index (χ1) is 12.8. The molecule has 2 aliphatic heterocycles. The number of hydrogen-bond donors (Lipinski definition) is 0. The Balaban J connectivity index is 1.82. The summed E-state index contributed by atoms with van der Waals surface area (Å²) in [5.41, 5.74) is 0. The van der Waals surface area contributed by atoms with E-state index < -0.39 is 7.29 Å². The Hall–Kier alpha value is -1.43. The SMILES string of the molecule is O=[P@](c1ccccc1)([C@@H](c1ccco1)N1CCOCC1)N1CCOCC1. The second-order valence-electron chi connectivity index (χ2n) is 6.56. The molecule has 0 N–H and O–H groups in total. The van der Waals surface area contributed by atoms with Crippen LogP contribution >= 0.6 is 7.29 Å². The maximum Gasteiger partial charge on any atom is 0.202 e. The van der Waals surface area contributed by atoms with Crippen LogP contribution in [0.5, 0.6) is 0 Å². The number of hydrogen-bond acceptors (Lipinski definition) is 5. The smallest absolute Gasteiger partial charge is 0.202 e. The van der Waals surface area contributed by atoms with E-state index in [0.29, 0.717) is 39.5 Å². The lowest BCUT2D eigenvalue weighted by Gasteiger charge is -2.43. The fraction of sp³-hybridized carbons (Fsp3) is 0.474. The Morgan fingerprint density at radius 2 is 1.50 bits per heavy atom. The summed E-state index contributed by atoms with van der Waals surface area (Å²) in [6.45, 7) is 5.31. The van der Waals surface area contributed by atoms with Gasteiger partial charge in [0.15, 0.2) is 0 Å². The fourth-order valence-corrected chi connectivity index (χ4v) is 7.23. The van der Waals surface area contributed by atoms with Gasteiger partial charge in [-0.25, -0.2) is 4.67 Å². The quantitative estimate of drug-likeness (QED) is 0.748. The molecule has 2 aliphatic rings. The second-order valence-corrected chi connectivity index (χ2v) is 9.38. The molecule has 0 unspecified atom stereocenters. The molecule has 1 aromatic heterocycles. The Morgan fingerprint density at radius 3 is 2.12 bits per heavy atom. The van der Waals surface area contributed by atoms with Gasteiger partial charge in [0.1, 0.15) is 11.5 Å². The van der Waals surface area contributed by atoms with Crippen molar-refractivity contribution < 1.29 is 18.5 Å². The average Bonchev–Trinajstić information content (AvgIpc) is 3.24. The lowest BCUT2D eigenvalue weighted by molar-refractivity contribution is 0.0241. The summed E-state index contributed by atoms with van der Waals surface area (Å²) >= 11 is 0. The third-order valence-electron chi connectivity index (χ3n) is 5.05. The number of benzene rings is 1. The van der Waals surface area contributed by atoms with Crippen molar-refractivity contribution in [3.63, 3.8) is 0 Å². The van der Waals surface area contributed by atoms with Crippen LogP contribution in [0.4, 0.5) is 0 Å². The van der Waals surface area contributed by atoms with Crippen LogP contribution in [0.15, 0.2) is 53.1 Å². The number of furan rings is 1. The van der Waals surface area contributed by atoms with E-state index in [9.17, 15) is 4.57 Å². The number of morpholine rings is 2. The minimum absolute atomic E-state index is 0.318. The van der Waals surface area contributed by atoms with Crippen molar-refractivity contribution in [2.45, 2.75) is 5.78 Å². The van der Waals surface area contributed by atoms with E-state index in [1.54, 1.807) is 6.26 Å². The molecule has 2 saturated heterocycles. The van der Waals surface area contributed by atoms with E-state index in [-0.39, 0.29) is 5.78 Å². The van der Waals surface area contributed by atoms with Gasteiger partial charge in [-0.05, 0) is 12.1 Å². The molecule has 2 aromatic rings. The second kappa shape index (κ2) is 8.07. The molecule has 0 radical (unpaired) electrons. The zero-order valence-corrected chi connectivity index (χ0v) is 15.7. The van der Waals surface area contributed by atoms with Crippen LogP contribution < -0.4 is 5.30 Å². The monoisotopic (exact) mass is 376 g/mol. The van der Waals surface area contributed by atoms with E-state index >= 15 is 0 Å². The Morgan fingerprint density at radius 1 is 0.846 bits per heavy atom. The highest BCUT2D eigenvalue weighted by molar-refractivity contribution is 7.69. The van der Waals surface area contributed by atoms with Gasteiger partial charge in [-0.3, -0.25) is 9.46 Å². The first-order valence-corrected chi connectivity index (χ1v) is 10.9. The molecule has 0 amide bonds. The molecule has 1 aromatic carbocycles. The van der Waals surface area contributed by atoms with Crippen LogP contribution in [0.1, 0.15) is 11.5 Å². The summed E-state index contributed by atoms with van der Waals surface area (Å²) < 4.78 is 33.8. The van der Waals surface area contributed by atoms with Crippen LogP contribution in [0.2, 0.25) is 0 Å². The molecule has 0 saturated carbocycles. The van der Waals surface area contributed by atoms with E-state index in [0.717, 1.165) is 24.2 Å². The van der Waals surface area contributed by atoms with Gasteiger partial charge in [0.25, 0.3) is 0 Å². The van der Waals surface area contributed by atoms with Gasteiger partial charge in [0.05, 0.1) is 32.7 Å². The molecule has 0 bridgehead atoms. The molecule has 2 fully saturated rings. The summed E-state index contributed by atoms with van der Waals surface area (Å²) in [6.07, 6.45) is 1.66. The van der Waals surface area contributed by atoms with Crippen molar-refractivity contribution in [2.75, 3.05) is 52.6 Å². The van der Waals surface area contributed by atoms with Crippen molar-refractivity contribution in [3.8, 4) is 0 Å². The average molecular weight is 376 g/mol. The summed E-state index contributed by atoms with van der Waals surface area (Å²) in [5, 5.41) is 0.870. The predicted molar refractivity (Wildman–Crippen MR) is 99.9 cm³/mol. The van der Waals surface area contributed by atoms with Gasteiger partial charge in [0, 0.05) is 31.5 Å². The Bertz CT molecular complexity index is 725. The fourth-order valence-electron chi connectivity index (χ4n) is 3.79. The lowest BCUT2D eigenvalue weighted by atomic mass is 10.3. The number of ether oxygens (including phenoxy) is 2. The van der Waals surface area contributed by atoms with Crippen LogP contribution in [0.25, 0.3) is 0 Å². The Kier molecular flexibility index (Phi) is 5.57. The third-order valence-corrected chi connectivity index (χ3v) is 8.58. The van der Waals surface area contributed by atoms with E-state index in [2.05, 4.69) is 9.57 Å². The zero-order valence-electron chi connectivity index (χ0n) is 14.8.